The van der Waals surface area contributed by atoms with Crippen molar-refractivity contribution in [3.8, 4) is 0 Å². The minimum Gasteiger partial charge on any atom is -0.302 e. The van der Waals surface area contributed by atoms with Crippen molar-refractivity contribution in [2.24, 2.45) is 0 Å². The van der Waals surface area contributed by atoms with Crippen LogP contribution in [0.1, 0.15) is 28.7 Å². The molecule has 0 atom stereocenters. The van der Waals surface area contributed by atoms with Gasteiger partial charge in [0.25, 0.3) is 10.0 Å². The van der Waals surface area contributed by atoms with Gasteiger partial charge in [0.1, 0.15) is 11.3 Å². The molecule has 0 saturated carbocycles. The van der Waals surface area contributed by atoms with Crippen LogP contribution in [-0.2, 0) is 10.0 Å². The average molecular weight is 431 g/mol. The summed E-state index contributed by atoms with van der Waals surface area (Å²) in [6, 6.07) is 5.54. The van der Waals surface area contributed by atoms with Gasteiger partial charge in [0, 0.05) is 36.3 Å². The predicted octanol–water partition coefficient (Wildman–Crippen LogP) is 4.80. The van der Waals surface area contributed by atoms with E-state index in [4.69, 9.17) is 0 Å². The maximum atomic E-state index is 14.9. The Bertz CT molecular complexity index is 1280. The predicted molar refractivity (Wildman–Crippen MR) is 115 cm³/mol. The number of halogens is 2. The molecule has 0 saturated heterocycles. The van der Waals surface area contributed by atoms with Crippen LogP contribution >= 0.6 is 0 Å². The molecule has 0 amide bonds. The number of likely N-dealkylation sites (N-methyl/N-ethyl adjacent to an activating group) is 1. The topological polar surface area (TPSA) is 42.3 Å². The fourth-order valence-electron chi connectivity index (χ4n) is 4.38. The summed E-state index contributed by atoms with van der Waals surface area (Å²) in [5, 5.41) is 0.272. The van der Waals surface area contributed by atoms with Gasteiger partial charge in [-0.25, -0.2) is 21.2 Å². The van der Waals surface area contributed by atoms with E-state index in [1.54, 1.807) is 26.0 Å². The minimum atomic E-state index is -4.09. The third-order valence-electron chi connectivity index (χ3n) is 5.66. The van der Waals surface area contributed by atoms with Gasteiger partial charge in [-0.3, -0.25) is 0 Å². The number of nitrogens with zero attached hydrogens (tertiary/aromatic N) is 2. The Balaban J connectivity index is 2.03. The number of aryl methyl sites for hydroxylation is 3. The number of rotatable bonds is 3. The standard InChI is InChI=1S/C23H24F2N2O2S/c1-14-9-15(2)23(16(3)10-14)30(28,29)27-13-20(17-5-7-26(4)8-6-17)19-11-18(24)12-21(25)22(19)27/h5,9-13H,6-8H2,1-4H3. The quantitative estimate of drug-likeness (QED) is 0.599. The van der Waals surface area contributed by atoms with E-state index in [1.165, 1.54) is 12.3 Å². The van der Waals surface area contributed by atoms with E-state index in [0.717, 1.165) is 27.7 Å². The van der Waals surface area contributed by atoms with Crippen molar-refractivity contribution >= 4 is 26.5 Å². The van der Waals surface area contributed by atoms with Gasteiger partial charge in [-0.15, -0.1) is 0 Å². The number of aromatic nitrogens is 1. The zero-order chi connectivity index (χ0) is 21.8. The lowest BCUT2D eigenvalue weighted by atomic mass is 9.99. The van der Waals surface area contributed by atoms with E-state index in [1.807, 2.05) is 20.0 Å². The molecule has 0 bridgehead atoms. The van der Waals surface area contributed by atoms with Crippen molar-refractivity contribution in [1.29, 1.82) is 0 Å². The molecule has 0 unspecified atom stereocenters. The second-order valence-corrected chi connectivity index (χ2v) is 9.85. The maximum Gasteiger partial charge on any atom is 0.268 e. The summed E-state index contributed by atoms with van der Waals surface area (Å²) in [7, 11) is -2.10. The molecule has 4 nitrogen and oxygen atoms in total. The van der Waals surface area contributed by atoms with Crippen LogP contribution in [-0.4, -0.2) is 37.4 Å². The highest BCUT2D eigenvalue weighted by molar-refractivity contribution is 7.90. The van der Waals surface area contributed by atoms with Gasteiger partial charge in [-0.05, 0) is 57.0 Å². The highest BCUT2D eigenvalue weighted by atomic mass is 32.2. The normalized spacial score (nSPS) is 15.6. The van der Waals surface area contributed by atoms with E-state index in [-0.39, 0.29) is 15.8 Å². The van der Waals surface area contributed by atoms with Gasteiger partial charge in [0.05, 0.1) is 4.90 Å². The lowest BCUT2D eigenvalue weighted by molar-refractivity contribution is 0.370. The zero-order valence-corrected chi connectivity index (χ0v) is 18.3. The van der Waals surface area contributed by atoms with E-state index in [0.29, 0.717) is 29.7 Å². The Hall–Kier alpha value is -2.51. The van der Waals surface area contributed by atoms with Crippen LogP contribution in [0.4, 0.5) is 8.78 Å². The molecule has 3 aromatic rings. The molecule has 2 heterocycles. The van der Waals surface area contributed by atoms with Gasteiger partial charge in [-0.1, -0.05) is 23.8 Å². The summed E-state index contributed by atoms with van der Waals surface area (Å²) in [5.41, 5.74) is 3.48. The molecule has 4 rings (SSSR count). The largest absolute Gasteiger partial charge is 0.302 e. The van der Waals surface area contributed by atoms with Crippen LogP contribution in [0.2, 0.25) is 0 Å². The molecular formula is C23H24F2N2O2S. The highest BCUT2D eigenvalue weighted by Gasteiger charge is 2.28. The Kier molecular flexibility index (Phi) is 5.06. The molecule has 158 valence electrons. The molecule has 1 aliphatic heterocycles. The average Bonchev–Trinajstić information content (AvgIpc) is 3.01. The van der Waals surface area contributed by atoms with Crippen molar-refractivity contribution in [1.82, 2.24) is 8.87 Å². The fourth-order valence-corrected chi connectivity index (χ4v) is 6.18. The van der Waals surface area contributed by atoms with Gasteiger partial charge in [0.15, 0.2) is 5.82 Å². The molecule has 0 spiro atoms. The Morgan fingerprint density at radius 1 is 1.00 bits per heavy atom. The van der Waals surface area contributed by atoms with Crippen molar-refractivity contribution in [2.75, 3.05) is 20.1 Å². The van der Waals surface area contributed by atoms with E-state index < -0.39 is 21.7 Å². The summed E-state index contributed by atoms with van der Waals surface area (Å²) < 4.78 is 57.3. The Morgan fingerprint density at radius 3 is 2.27 bits per heavy atom. The molecule has 0 N–H and O–H groups in total. The third kappa shape index (κ3) is 3.36. The minimum absolute atomic E-state index is 0.120. The summed E-state index contributed by atoms with van der Waals surface area (Å²) in [6.45, 7) is 6.85. The lowest BCUT2D eigenvalue weighted by Crippen LogP contribution is -2.23. The summed E-state index contributed by atoms with van der Waals surface area (Å²) in [4.78, 5) is 2.28. The summed E-state index contributed by atoms with van der Waals surface area (Å²) in [5.74, 6) is -1.62. The molecule has 0 aliphatic carbocycles. The van der Waals surface area contributed by atoms with Crippen LogP contribution < -0.4 is 0 Å². The molecule has 30 heavy (non-hydrogen) atoms. The van der Waals surface area contributed by atoms with E-state index in [2.05, 4.69) is 4.90 Å². The van der Waals surface area contributed by atoms with Gasteiger partial charge in [-0.2, -0.15) is 0 Å². The fraction of sp³-hybridized carbons (Fsp3) is 0.304. The maximum absolute atomic E-state index is 14.9. The molecule has 7 heteroatoms. The van der Waals surface area contributed by atoms with Crippen LogP contribution in [0.15, 0.2) is 41.4 Å². The highest BCUT2D eigenvalue weighted by Crippen LogP contribution is 2.36. The smallest absolute Gasteiger partial charge is 0.268 e. The first-order chi connectivity index (χ1) is 14.1. The molecular weight excluding hydrogens is 406 g/mol. The number of benzene rings is 2. The second-order valence-electron chi connectivity index (χ2n) is 8.10. The molecule has 2 aromatic carbocycles. The Labute approximate surface area is 175 Å². The van der Waals surface area contributed by atoms with E-state index >= 15 is 0 Å². The van der Waals surface area contributed by atoms with Crippen molar-refractivity contribution < 1.29 is 17.2 Å². The summed E-state index contributed by atoms with van der Waals surface area (Å²) in [6.07, 6.45) is 4.11. The number of hydrogen-bond donors (Lipinski definition) is 0. The SMILES string of the molecule is Cc1cc(C)c(S(=O)(=O)n2cc(C3=CCN(C)CC3)c3cc(F)cc(F)c32)c(C)c1. The van der Waals surface area contributed by atoms with Gasteiger partial charge >= 0.3 is 0 Å². The first-order valence-electron chi connectivity index (χ1n) is 9.81. The van der Waals surface area contributed by atoms with Crippen LogP contribution in [0.5, 0.6) is 0 Å². The van der Waals surface area contributed by atoms with Gasteiger partial charge < -0.3 is 4.90 Å². The second kappa shape index (κ2) is 7.32. The first-order valence-corrected chi connectivity index (χ1v) is 11.2. The molecule has 1 aliphatic rings. The molecule has 1 aromatic heterocycles. The number of fused-ring (bicyclic) bond motifs is 1. The summed E-state index contributed by atoms with van der Waals surface area (Å²) >= 11 is 0. The van der Waals surface area contributed by atoms with Crippen LogP contribution in [0.25, 0.3) is 16.5 Å². The Morgan fingerprint density at radius 2 is 1.67 bits per heavy atom. The zero-order valence-electron chi connectivity index (χ0n) is 17.5. The monoisotopic (exact) mass is 430 g/mol. The lowest BCUT2D eigenvalue weighted by Gasteiger charge is -2.21. The molecule has 0 fully saturated rings. The number of hydrogen-bond acceptors (Lipinski definition) is 3. The first kappa shape index (κ1) is 20.8. The van der Waals surface area contributed by atoms with Crippen LogP contribution in [0, 0.1) is 32.4 Å². The van der Waals surface area contributed by atoms with Crippen molar-refractivity contribution in [3.05, 3.63) is 70.4 Å². The molecule has 0 radical (unpaired) electrons. The van der Waals surface area contributed by atoms with Gasteiger partial charge in [0.2, 0.25) is 0 Å². The third-order valence-corrected chi connectivity index (χ3v) is 7.63. The van der Waals surface area contributed by atoms with Crippen molar-refractivity contribution in [3.63, 3.8) is 0 Å². The van der Waals surface area contributed by atoms with Crippen LogP contribution in [0.3, 0.4) is 0 Å². The van der Waals surface area contributed by atoms with E-state index in [9.17, 15) is 17.2 Å². The van der Waals surface area contributed by atoms with Crippen molar-refractivity contribution in [2.45, 2.75) is 32.1 Å².